The highest BCUT2D eigenvalue weighted by molar-refractivity contribution is 5.97. The molecule has 3 rings (SSSR count). The van der Waals surface area contributed by atoms with Crippen molar-refractivity contribution in [3.63, 3.8) is 0 Å². The van der Waals surface area contributed by atoms with Crippen LogP contribution < -0.4 is 10.1 Å². The summed E-state index contributed by atoms with van der Waals surface area (Å²) in [6, 6.07) is 4.11. The Labute approximate surface area is 176 Å². The summed E-state index contributed by atoms with van der Waals surface area (Å²) in [5, 5.41) is 8.89. The molecule has 0 unspecified atom stereocenters. The molecule has 0 amide bonds. The van der Waals surface area contributed by atoms with Crippen molar-refractivity contribution in [2.75, 3.05) is 20.8 Å². The summed E-state index contributed by atoms with van der Waals surface area (Å²) in [6.07, 6.45) is 5.81. The first kappa shape index (κ1) is 22.1. The van der Waals surface area contributed by atoms with Gasteiger partial charge in [0.25, 0.3) is 0 Å². The van der Waals surface area contributed by atoms with E-state index < -0.39 is 11.6 Å². The van der Waals surface area contributed by atoms with Gasteiger partial charge in [-0.2, -0.15) is 5.10 Å². The average molecular weight is 418 g/mol. The van der Waals surface area contributed by atoms with E-state index in [0.717, 1.165) is 36.6 Å². The zero-order valence-corrected chi connectivity index (χ0v) is 18.4. The Hall–Kier alpha value is -2.61. The summed E-state index contributed by atoms with van der Waals surface area (Å²) in [5.41, 5.74) is 0.710. The smallest absolute Gasteiger partial charge is 0.341 e. The second-order valence-corrected chi connectivity index (χ2v) is 8.68. The lowest BCUT2D eigenvalue weighted by Gasteiger charge is -2.29. The number of ether oxygens (including phenoxy) is 3. The summed E-state index contributed by atoms with van der Waals surface area (Å²) in [7, 11) is 2.88. The number of aromatic nitrogens is 2. The summed E-state index contributed by atoms with van der Waals surface area (Å²) in [4.78, 5) is 23.9. The van der Waals surface area contributed by atoms with E-state index in [0.29, 0.717) is 17.4 Å². The number of methoxy groups -OCH3 is 2. The molecule has 1 N–H and O–H groups in total. The zero-order valence-electron chi connectivity index (χ0n) is 18.4. The minimum absolute atomic E-state index is 0.224. The Bertz CT molecular complexity index is 907. The van der Waals surface area contributed by atoms with Crippen molar-refractivity contribution in [1.82, 2.24) is 15.1 Å². The number of hydrogen-bond donors (Lipinski definition) is 1. The zero-order chi connectivity index (χ0) is 21.9. The number of carbonyl (C=O) groups is 2. The molecule has 1 aromatic carbocycles. The van der Waals surface area contributed by atoms with Crippen LogP contribution in [0.15, 0.2) is 18.3 Å². The lowest BCUT2D eigenvalue weighted by atomic mass is 9.91. The fraction of sp³-hybridized carbons (Fsp3) is 0.591. The second-order valence-electron chi connectivity index (χ2n) is 8.68. The van der Waals surface area contributed by atoms with Crippen LogP contribution in [0.1, 0.15) is 62.9 Å². The predicted molar refractivity (Wildman–Crippen MR) is 113 cm³/mol. The molecule has 164 valence electrons. The van der Waals surface area contributed by atoms with E-state index in [-0.39, 0.29) is 18.6 Å². The van der Waals surface area contributed by atoms with Crippen LogP contribution in [0.5, 0.6) is 5.75 Å². The number of nitrogens with one attached hydrogen (secondary N) is 1. The summed E-state index contributed by atoms with van der Waals surface area (Å²) < 4.78 is 17.5. The Morgan fingerprint density at radius 1 is 1.17 bits per heavy atom. The van der Waals surface area contributed by atoms with Crippen molar-refractivity contribution < 1.29 is 23.8 Å². The van der Waals surface area contributed by atoms with E-state index in [9.17, 15) is 9.59 Å². The van der Waals surface area contributed by atoms with E-state index in [1.165, 1.54) is 14.2 Å². The monoisotopic (exact) mass is 417 g/mol. The minimum atomic E-state index is -0.463. The highest BCUT2D eigenvalue weighted by atomic mass is 16.6. The number of esters is 2. The first-order chi connectivity index (χ1) is 14.2. The molecule has 0 bridgehead atoms. The number of benzene rings is 1. The minimum Gasteiger partial charge on any atom is -0.496 e. The fourth-order valence-electron chi connectivity index (χ4n) is 3.85. The number of hydrogen-bond acceptors (Lipinski definition) is 7. The molecular formula is C22H31N3O5. The standard InChI is InChI=1S/C22H31N3O5/c1-22(2,3)30-20(26)12-23-15-6-8-16(9-7-15)25-13-14-10-17(21(27)29-5)19(28-4)11-18(14)24-25/h10-11,13,15-16,23H,6-9,12H2,1-5H3. The van der Waals surface area contributed by atoms with Crippen molar-refractivity contribution in [3.8, 4) is 5.75 Å². The van der Waals surface area contributed by atoms with Crippen molar-refractivity contribution in [3.05, 3.63) is 23.9 Å². The van der Waals surface area contributed by atoms with E-state index >= 15 is 0 Å². The van der Waals surface area contributed by atoms with Crippen LogP contribution in [0.4, 0.5) is 0 Å². The molecule has 1 aliphatic rings. The number of rotatable bonds is 6. The van der Waals surface area contributed by atoms with Gasteiger partial charge in [-0.05, 0) is 52.5 Å². The van der Waals surface area contributed by atoms with Gasteiger partial charge >= 0.3 is 11.9 Å². The van der Waals surface area contributed by atoms with Gasteiger partial charge in [-0.15, -0.1) is 0 Å². The Morgan fingerprint density at radius 3 is 2.47 bits per heavy atom. The van der Waals surface area contributed by atoms with Crippen LogP contribution in [0.2, 0.25) is 0 Å². The van der Waals surface area contributed by atoms with Crippen molar-refractivity contribution in [2.45, 2.75) is 64.1 Å². The molecule has 30 heavy (non-hydrogen) atoms. The van der Waals surface area contributed by atoms with Gasteiger partial charge in [0, 0.05) is 23.7 Å². The molecule has 8 nitrogen and oxygen atoms in total. The first-order valence-corrected chi connectivity index (χ1v) is 10.3. The predicted octanol–water partition coefficient (Wildman–Crippen LogP) is 3.25. The Morgan fingerprint density at radius 2 is 1.87 bits per heavy atom. The molecule has 1 aromatic heterocycles. The molecule has 0 radical (unpaired) electrons. The topological polar surface area (TPSA) is 91.7 Å². The van der Waals surface area contributed by atoms with E-state index in [4.69, 9.17) is 19.3 Å². The molecule has 1 aliphatic carbocycles. The Kier molecular flexibility index (Phi) is 6.65. The molecular weight excluding hydrogens is 386 g/mol. The fourth-order valence-corrected chi connectivity index (χ4v) is 3.85. The molecule has 0 saturated heterocycles. The van der Waals surface area contributed by atoms with Crippen molar-refractivity contribution in [2.24, 2.45) is 0 Å². The van der Waals surface area contributed by atoms with Crippen LogP contribution >= 0.6 is 0 Å². The average Bonchev–Trinajstić information content (AvgIpc) is 3.12. The number of carbonyl (C=O) groups excluding carboxylic acids is 2. The largest absolute Gasteiger partial charge is 0.496 e. The summed E-state index contributed by atoms with van der Waals surface area (Å²) in [5.74, 6) is -0.203. The van der Waals surface area contributed by atoms with E-state index in [2.05, 4.69) is 5.32 Å². The lowest BCUT2D eigenvalue weighted by Crippen LogP contribution is -2.39. The van der Waals surface area contributed by atoms with E-state index in [1.807, 2.05) is 31.6 Å². The van der Waals surface area contributed by atoms with Gasteiger partial charge in [-0.1, -0.05) is 0 Å². The van der Waals surface area contributed by atoms with Crippen LogP contribution in [-0.4, -0.2) is 54.1 Å². The quantitative estimate of drug-likeness (QED) is 0.722. The van der Waals surface area contributed by atoms with Crippen molar-refractivity contribution in [1.29, 1.82) is 0 Å². The number of fused-ring (bicyclic) bond motifs is 1. The van der Waals surface area contributed by atoms with Gasteiger partial charge in [0.05, 0.1) is 32.3 Å². The second kappa shape index (κ2) is 9.04. The molecule has 0 aliphatic heterocycles. The SMILES string of the molecule is COC(=O)c1cc2cn(C3CCC(NCC(=O)OC(C)(C)C)CC3)nc2cc1OC. The van der Waals surface area contributed by atoms with Gasteiger partial charge in [0.1, 0.15) is 16.9 Å². The van der Waals surface area contributed by atoms with Gasteiger partial charge < -0.3 is 19.5 Å². The Balaban J connectivity index is 1.61. The van der Waals surface area contributed by atoms with Gasteiger partial charge in [0.2, 0.25) is 0 Å². The van der Waals surface area contributed by atoms with Gasteiger partial charge in [-0.25, -0.2) is 4.79 Å². The van der Waals surface area contributed by atoms with Crippen LogP contribution in [-0.2, 0) is 14.3 Å². The molecule has 1 fully saturated rings. The molecule has 0 spiro atoms. The van der Waals surface area contributed by atoms with Crippen LogP contribution in [0, 0.1) is 0 Å². The number of nitrogens with zero attached hydrogens (tertiary/aromatic N) is 2. The lowest BCUT2D eigenvalue weighted by molar-refractivity contribution is -0.153. The molecule has 1 saturated carbocycles. The molecule has 8 heteroatoms. The summed E-state index contributed by atoms with van der Waals surface area (Å²) >= 11 is 0. The molecule has 1 heterocycles. The summed E-state index contributed by atoms with van der Waals surface area (Å²) in [6.45, 7) is 5.84. The van der Waals surface area contributed by atoms with Gasteiger partial charge in [-0.3, -0.25) is 9.48 Å². The maximum Gasteiger partial charge on any atom is 0.341 e. The maximum atomic E-state index is 12.0. The van der Waals surface area contributed by atoms with Crippen LogP contribution in [0.3, 0.4) is 0 Å². The van der Waals surface area contributed by atoms with Crippen molar-refractivity contribution >= 4 is 22.8 Å². The maximum absolute atomic E-state index is 12.0. The molecule has 0 atom stereocenters. The third-order valence-electron chi connectivity index (χ3n) is 5.27. The highest BCUT2D eigenvalue weighted by Crippen LogP contribution is 2.31. The first-order valence-electron chi connectivity index (χ1n) is 10.3. The third kappa shape index (κ3) is 5.30. The van der Waals surface area contributed by atoms with Crippen LogP contribution in [0.25, 0.3) is 10.9 Å². The molecule has 2 aromatic rings. The third-order valence-corrected chi connectivity index (χ3v) is 5.27. The highest BCUT2D eigenvalue weighted by Gasteiger charge is 2.25. The normalized spacial score (nSPS) is 19.5. The van der Waals surface area contributed by atoms with Gasteiger partial charge in [0.15, 0.2) is 0 Å². The van der Waals surface area contributed by atoms with E-state index in [1.54, 1.807) is 12.1 Å².